The Morgan fingerprint density at radius 1 is 1.19 bits per heavy atom. The van der Waals surface area contributed by atoms with E-state index in [0.29, 0.717) is 34.7 Å². The Bertz CT molecular complexity index is 1600. The van der Waals surface area contributed by atoms with Crippen LogP contribution in [0, 0.1) is 18.5 Å². The van der Waals surface area contributed by atoms with Crippen LogP contribution in [0.25, 0.3) is 0 Å². The minimum Gasteiger partial charge on any atom is -0.487 e. The van der Waals surface area contributed by atoms with Crippen molar-refractivity contribution >= 4 is 96.8 Å². The van der Waals surface area contributed by atoms with Gasteiger partial charge in [0.15, 0.2) is 0 Å². The van der Waals surface area contributed by atoms with Crippen molar-refractivity contribution in [2.24, 2.45) is 16.3 Å². The number of hydrogen-bond acceptors (Lipinski definition) is 5. The third-order valence-corrected chi connectivity index (χ3v) is 10.8. The van der Waals surface area contributed by atoms with Crippen LogP contribution in [0.15, 0.2) is 58.1 Å². The summed E-state index contributed by atoms with van der Waals surface area (Å²) in [6.07, 6.45) is 6.37. The average molecular weight is 847 g/mol. The van der Waals surface area contributed by atoms with Crippen LogP contribution in [0.3, 0.4) is 0 Å². The van der Waals surface area contributed by atoms with E-state index in [-0.39, 0.29) is 11.3 Å². The lowest BCUT2D eigenvalue weighted by Crippen LogP contribution is -2.28. The van der Waals surface area contributed by atoms with E-state index >= 15 is 0 Å². The summed E-state index contributed by atoms with van der Waals surface area (Å²) in [7, 11) is 0. The maximum atomic E-state index is 13.5. The molecule has 2 heterocycles. The van der Waals surface area contributed by atoms with Crippen molar-refractivity contribution in [1.82, 2.24) is 5.32 Å². The highest BCUT2D eigenvalue weighted by molar-refractivity contribution is 14.1. The molecule has 220 valence electrons. The van der Waals surface area contributed by atoms with Crippen molar-refractivity contribution in [3.63, 3.8) is 0 Å². The molecule has 0 aliphatic heterocycles. The van der Waals surface area contributed by atoms with Gasteiger partial charge in [0.25, 0.3) is 5.91 Å². The topological polar surface area (TPSA) is 63.8 Å². The van der Waals surface area contributed by atoms with Gasteiger partial charge in [0.1, 0.15) is 23.1 Å². The fourth-order valence-corrected chi connectivity index (χ4v) is 8.88. The number of rotatable bonds is 8. The Kier molecular flexibility index (Phi) is 10.3. The van der Waals surface area contributed by atoms with Crippen LogP contribution >= 0.6 is 79.7 Å². The van der Waals surface area contributed by atoms with Crippen LogP contribution in [0.4, 0.5) is 5.00 Å². The van der Waals surface area contributed by atoms with Gasteiger partial charge in [-0.3, -0.25) is 4.79 Å². The molecule has 1 atom stereocenters. The van der Waals surface area contributed by atoms with Crippen LogP contribution in [-0.4, -0.2) is 12.1 Å². The quantitative estimate of drug-likeness (QED) is 0.142. The Hall–Kier alpha value is -1.60. The summed E-state index contributed by atoms with van der Waals surface area (Å²) < 4.78 is 13.5. The van der Waals surface area contributed by atoms with E-state index in [1.54, 1.807) is 29.7 Å². The second-order valence-corrected chi connectivity index (χ2v) is 15.6. The molecule has 0 unspecified atom stereocenters. The maximum Gasteiger partial charge on any atom is 0.255 e. The molecule has 0 fully saturated rings. The van der Waals surface area contributed by atoms with E-state index in [2.05, 4.69) is 71.3 Å². The van der Waals surface area contributed by atoms with E-state index in [9.17, 15) is 4.79 Å². The lowest BCUT2D eigenvalue weighted by atomic mass is 9.72. The molecule has 5 nitrogen and oxygen atoms in total. The summed E-state index contributed by atoms with van der Waals surface area (Å²) in [5.41, 5.74) is 3.84. The first-order chi connectivity index (χ1) is 20.0. The van der Waals surface area contributed by atoms with E-state index in [1.165, 1.54) is 4.88 Å². The van der Waals surface area contributed by atoms with Gasteiger partial charge in [0.2, 0.25) is 0 Å². The molecular formula is C32H30Cl2I2N2O3S. The summed E-state index contributed by atoms with van der Waals surface area (Å²) in [6.45, 7) is 7.57. The van der Waals surface area contributed by atoms with Gasteiger partial charge < -0.3 is 14.5 Å². The van der Waals surface area contributed by atoms with Gasteiger partial charge in [-0.05, 0) is 123 Å². The third-order valence-electron chi connectivity index (χ3n) is 7.44. The minimum absolute atomic E-state index is 0.112. The second-order valence-electron chi connectivity index (χ2n) is 11.3. The third kappa shape index (κ3) is 7.54. The second kappa shape index (κ2) is 13.6. The smallest absolute Gasteiger partial charge is 0.255 e. The van der Waals surface area contributed by atoms with Crippen molar-refractivity contribution < 1.29 is 13.9 Å². The number of amides is 1. The molecule has 0 saturated carbocycles. The minimum atomic E-state index is -0.112. The Balaban J connectivity index is 1.39. The molecule has 10 heteroatoms. The molecule has 1 aliphatic rings. The first-order valence-corrected chi connectivity index (χ1v) is 17.3. The molecule has 0 bridgehead atoms. The largest absolute Gasteiger partial charge is 0.487 e. The fraction of sp³-hybridized carbons (Fsp3) is 0.312. The first kappa shape index (κ1) is 31.8. The molecule has 4 aromatic rings. The zero-order valence-electron chi connectivity index (χ0n) is 23.4. The summed E-state index contributed by atoms with van der Waals surface area (Å²) in [5.74, 6) is 1.96. The number of fused-ring (bicyclic) bond motifs is 1. The number of halogens is 4. The SMILES string of the molecule is CC(C)(C)[C@H]1CCc2c(sc(N=Cc3cc(I)c(OCc4ccc(Cl)cc4Cl)c(I)c3)c2C(=O)NCc2ccco2)C1. The Labute approximate surface area is 287 Å². The first-order valence-electron chi connectivity index (χ1n) is 13.5. The number of nitrogens with one attached hydrogen (secondary N) is 1. The molecule has 5 rings (SSSR count). The van der Waals surface area contributed by atoms with Gasteiger partial charge in [-0.15, -0.1) is 11.3 Å². The number of ether oxygens (including phenoxy) is 1. The molecule has 2 aromatic heterocycles. The number of benzene rings is 2. The fourth-order valence-electron chi connectivity index (χ4n) is 5.02. The monoisotopic (exact) mass is 846 g/mol. The molecule has 0 spiro atoms. The number of hydrogen-bond donors (Lipinski definition) is 1. The number of furan rings is 1. The van der Waals surface area contributed by atoms with Crippen LogP contribution in [0.1, 0.15) is 64.9 Å². The van der Waals surface area contributed by atoms with Crippen LogP contribution < -0.4 is 10.1 Å². The summed E-state index contributed by atoms with van der Waals surface area (Å²) >= 11 is 18.6. The van der Waals surface area contributed by atoms with Gasteiger partial charge in [-0.1, -0.05) is 50.0 Å². The number of thiophene rings is 1. The maximum absolute atomic E-state index is 13.5. The molecule has 0 saturated heterocycles. The van der Waals surface area contributed by atoms with Crippen molar-refractivity contribution in [2.75, 3.05) is 0 Å². The van der Waals surface area contributed by atoms with Crippen LogP contribution in [0.5, 0.6) is 5.75 Å². The molecule has 2 aromatic carbocycles. The molecular weight excluding hydrogens is 817 g/mol. The normalized spacial score (nSPS) is 15.2. The number of aliphatic imine (C=N–C) groups is 1. The van der Waals surface area contributed by atoms with Gasteiger partial charge in [-0.25, -0.2) is 4.99 Å². The van der Waals surface area contributed by atoms with Crippen molar-refractivity contribution in [1.29, 1.82) is 0 Å². The highest BCUT2D eigenvalue weighted by Gasteiger charge is 2.33. The van der Waals surface area contributed by atoms with Crippen molar-refractivity contribution in [3.05, 3.63) is 98.8 Å². The van der Waals surface area contributed by atoms with Gasteiger partial charge in [0.05, 0.1) is 25.5 Å². The predicted octanol–water partition coefficient (Wildman–Crippen LogP) is 10.3. The van der Waals surface area contributed by atoms with Gasteiger partial charge in [0, 0.05) is 26.7 Å². The predicted molar refractivity (Wildman–Crippen MR) is 189 cm³/mol. The van der Waals surface area contributed by atoms with Crippen LogP contribution in [-0.2, 0) is 26.0 Å². The molecule has 42 heavy (non-hydrogen) atoms. The zero-order valence-corrected chi connectivity index (χ0v) is 30.0. The molecule has 1 N–H and O–H groups in total. The standard InChI is InChI=1S/C32H30Cl2I2N2O3S/c1-32(2,3)20-7-9-23-27(13-20)42-31(28(23)30(39)37-16-22-5-4-10-40-22)38-15-18-11-25(35)29(26(36)12-18)41-17-19-6-8-21(33)14-24(19)34/h4-6,8,10-12,14-15,20H,7,9,13,16-17H2,1-3H3,(H,37,39)/t20-/m0/s1. The highest BCUT2D eigenvalue weighted by Crippen LogP contribution is 2.45. The Morgan fingerprint density at radius 3 is 2.62 bits per heavy atom. The van der Waals surface area contributed by atoms with Gasteiger partial charge >= 0.3 is 0 Å². The van der Waals surface area contributed by atoms with E-state index in [1.807, 2.05) is 36.5 Å². The van der Waals surface area contributed by atoms with Gasteiger partial charge in [-0.2, -0.15) is 0 Å². The molecule has 1 aliphatic carbocycles. The lowest BCUT2D eigenvalue weighted by Gasteiger charge is -2.33. The number of nitrogens with zero attached hydrogens (tertiary/aromatic N) is 1. The number of carbonyl (C=O) groups is 1. The number of carbonyl (C=O) groups excluding carboxylic acids is 1. The lowest BCUT2D eigenvalue weighted by molar-refractivity contribution is 0.0947. The average Bonchev–Trinajstić information content (AvgIpc) is 3.58. The Morgan fingerprint density at radius 2 is 1.95 bits per heavy atom. The van der Waals surface area contributed by atoms with Crippen molar-refractivity contribution in [2.45, 2.75) is 53.2 Å². The van der Waals surface area contributed by atoms with E-state index in [0.717, 1.165) is 59.6 Å². The molecule has 0 radical (unpaired) electrons. The summed E-state index contributed by atoms with van der Waals surface area (Å²) in [4.78, 5) is 19.7. The van der Waals surface area contributed by atoms with E-state index < -0.39 is 0 Å². The highest BCUT2D eigenvalue weighted by atomic mass is 127. The summed E-state index contributed by atoms with van der Waals surface area (Å²) in [5, 5.41) is 4.96. The zero-order chi connectivity index (χ0) is 30.0. The van der Waals surface area contributed by atoms with E-state index in [4.69, 9.17) is 37.3 Å². The van der Waals surface area contributed by atoms with Crippen molar-refractivity contribution in [3.8, 4) is 5.75 Å². The summed E-state index contributed by atoms with van der Waals surface area (Å²) in [6, 6.07) is 13.1. The molecule has 1 amide bonds. The van der Waals surface area contributed by atoms with Crippen LogP contribution in [0.2, 0.25) is 10.0 Å².